The van der Waals surface area contributed by atoms with Gasteiger partial charge in [-0.05, 0) is 36.1 Å². The van der Waals surface area contributed by atoms with E-state index in [1.807, 2.05) is 49.4 Å². The van der Waals surface area contributed by atoms with Crippen LogP contribution in [0.25, 0.3) is 10.8 Å². The lowest BCUT2D eigenvalue weighted by Gasteiger charge is -2.25. The van der Waals surface area contributed by atoms with Crippen LogP contribution in [-0.2, 0) is 0 Å². The Morgan fingerprint density at radius 1 is 1.05 bits per heavy atom. The summed E-state index contributed by atoms with van der Waals surface area (Å²) in [7, 11) is 1.80. The van der Waals surface area contributed by atoms with E-state index in [2.05, 4.69) is 9.97 Å². The summed E-state index contributed by atoms with van der Waals surface area (Å²) in [6.45, 7) is 2.00. The van der Waals surface area contributed by atoms with Crippen molar-refractivity contribution in [3.05, 3.63) is 72.3 Å². The summed E-state index contributed by atoms with van der Waals surface area (Å²) >= 11 is 0. The Labute approximate surface area is 129 Å². The van der Waals surface area contributed by atoms with Crippen molar-refractivity contribution >= 4 is 16.7 Å². The van der Waals surface area contributed by atoms with E-state index in [0.29, 0.717) is 5.69 Å². The van der Waals surface area contributed by atoms with Gasteiger partial charge in [0.05, 0.1) is 6.04 Å². The third-order valence-corrected chi connectivity index (χ3v) is 3.97. The van der Waals surface area contributed by atoms with Crippen LogP contribution < -0.4 is 0 Å². The molecule has 0 bridgehead atoms. The lowest BCUT2D eigenvalue weighted by molar-refractivity contribution is 0.0739. The van der Waals surface area contributed by atoms with Gasteiger partial charge in [-0.1, -0.05) is 24.3 Å². The molecule has 4 heteroatoms. The molecule has 110 valence electrons. The molecule has 0 fully saturated rings. The highest BCUT2D eigenvalue weighted by atomic mass is 16.2. The second-order valence-electron chi connectivity index (χ2n) is 5.25. The number of hydrogen-bond donors (Lipinski definition) is 0. The van der Waals surface area contributed by atoms with Crippen LogP contribution in [0.3, 0.4) is 0 Å². The average molecular weight is 291 g/mol. The third-order valence-electron chi connectivity index (χ3n) is 3.97. The molecule has 0 saturated carbocycles. The Kier molecular flexibility index (Phi) is 3.83. The number of benzene rings is 1. The van der Waals surface area contributed by atoms with E-state index < -0.39 is 0 Å². The third kappa shape index (κ3) is 2.55. The maximum Gasteiger partial charge on any atom is 0.273 e. The number of aromatic nitrogens is 2. The van der Waals surface area contributed by atoms with E-state index in [0.717, 1.165) is 16.3 Å². The zero-order valence-electron chi connectivity index (χ0n) is 12.6. The van der Waals surface area contributed by atoms with Crippen LogP contribution >= 0.6 is 0 Å². The van der Waals surface area contributed by atoms with Crippen molar-refractivity contribution in [3.63, 3.8) is 0 Å². The zero-order chi connectivity index (χ0) is 15.5. The predicted molar refractivity (Wildman–Crippen MR) is 86.5 cm³/mol. The molecule has 22 heavy (non-hydrogen) atoms. The first kappa shape index (κ1) is 14.2. The molecular weight excluding hydrogens is 274 g/mol. The van der Waals surface area contributed by atoms with Crippen LogP contribution in [0.4, 0.5) is 0 Å². The number of carbonyl (C=O) groups excluding carboxylic acids is 1. The highest BCUT2D eigenvalue weighted by Crippen LogP contribution is 2.23. The maximum atomic E-state index is 12.8. The van der Waals surface area contributed by atoms with Crippen molar-refractivity contribution in [2.24, 2.45) is 0 Å². The normalized spacial score (nSPS) is 12.1. The predicted octanol–water partition coefficient (Wildman–Crippen LogP) is 3.46. The largest absolute Gasteiger partial charge is 0.334 e. The Balaban J connectivity index is 1.96. The summed E-state index contributed by atoms with van der Waals surface area (Å²) in [5, 5.41) is 1.90. The lowest BCUT2D eigenvalue weighted by Crippen LogP contribution is -2.30. The van der Waals surface area contributed by atoms with E-state index >= 15 is 0 Å². The second kappa shape index (κ2) is 5.93. The SMILES string of the molecule is CC(c1ccncc1)N(C)C(=O)c1nccc2ccccc12. The standard InChI is InChI=1S/C18H17N3O/c1-13(14-7-10-19-11-8-14)21(2)18(22)17-16-6-4-3-5-15(16)9-12-20-17/h3-13H,1-2H3. The fourth-order valence-electron chi connectivity index (χ4n) is 2.50. The first-order chi connectivity index (χ1) is 10.7. The minimum atomic E-state index is -0.0823. The number of hydrogen-bond acceptors (Lipinski definition) is 3. The van der Waals surface area contributed by atoms with Crippen LogP contribution in [0.5, 0.6) is 0 Å². The van der Waals surface area contributed by atoms with E-state index in [9.17, 15) is 4.79 Å². The van der Waals surface area contributed by atoms with Gasteiger partial charge >= 0.3 is 0 Å². The molecule has 1 unspecified atom stereocenters. The Bertz CT molecular complexity index is 796. The molecule has 1 atom stereocenters. The number of rotatable bonds is 3. The van der Waals surface area contributed by atoms with E-state index in [1.165, 1.54) is 0 Å². The number of pyridine rings is 2. The van der Waals surface area contributed by atoms with Crippen LogP contribution in [0.15, 0.2) is 61.1 Å². The highest BCUT2D eigenvalue weighted by Gasteiger charge is 2.21. The molecule has 0 radical (unpaired) electrons. The van der Waals surface area contributed by atoms with Crippen LogP contribution in [0.1, 0.15) is 29.0 Å². The van der Waals surface area contributed by atoms with Crippen molar-refractivity contribution in [2.75, 3.05) is 7.05 Å². The Morgan fingerprint density at radius 2 is 1.77 bits per heavy atom. The molecule has 3 rings (SSSR count). The zero-order valence-corrected chi connectivity index (χ0v) is 12.6. The summed E-state index contributed by atoms with van der Waals surface area (Å²) in [6, 6.07) is 13.5. The Hall–Kier alpha value is -2.75. The van der Waals surface area contributed by atoms with Crippen LogP contribution in [-0.4, -0.2) is 27.8 Å². The molecule has 1 amide bonds. The molecule has 0 spiro atoms. The Morgan fingerprint density at radius 3 is 2.55 bits per heavy atom. The molecular formula is C18H17N3O. The fourth-order valence-corrected chi connectivity index (χ4v) is 2.50. The van der Waals surface area contributed by atoms with Crippen LogP contribution in [0, 0.1) is 0 Å². The monoisotopic (exact) mass is 291 g/mol. The molecule has 0 saturated heterocycles. The number of amides is 1. The van der Waals surface area contributed by atoms with Gasteiger partial charge in [0.25, 0.3) is 5.91 Å². The smallest absolute Gasteiger partial charge is 0.273 e. The topological polar surface area (TPSA) is 46.1 Å². The van der Waals surface area contributed by atoms with Gasteiger partial charge in [-0.15, -0.1) is 0 Å². The van der Waals surface area contributed by atoms with E-state index in [4.69, 9.17) is 0 Å². The van der Waals surface area contributed by atoms with Crippen molar-refractivity contribution in [3.8, 4) is 0 Å². The molecule has 0 aliphatic heterocycles. The molecule has 0 N–H and O–H groups in total. The lowest BCUT2D eigenvalue weighted by atomic mass is 10.1. The molecule has 0 aliphatic rings. The molecule has 3 aromatic rings. The average Bonchev–Trinajstić information content (AvgIpc) is 2.60. The van der Waals surface area contributed by atoms with Gasteiger partial charge in [-0.25, -0.2) is 0 Å². The van der Waals surface area contributed by atoms with E-state index in [1.54, 1.807) is 30.5 Å². The summed E-state index contributed by atoms with van der Waals surface area (Å²) in [4.78, 5) is 22.8. The molecule has 1 aromatic carbocycles. The summed E-state index contributed by atoms with van der Waals surface area (Å²) < 4.78 is 0. The molecule has 4 nitrogen and oxygen atoms in total. The highest BCUT2D eigenvalue weighted by molar-refractivity contribution is 6.05. The summed E-state index contributed by atoms with van der Waals surface area (Å²) in [5.41, 5.74) is 1.53. The van der Waals surface area contributed by atoms with Crippen LogP contribution in [0.2, 0.25) is 0 Å². The minimum absolute atomic E-state index is 0.0451. The van der Waals surface area contributed by atoms with Gasteiger partial charge in [-0.3, -0.25) is 14.8 Å². The van der Waals surface area contributed by atoms with E-state index in [-0.39, 0.29) is 11.9 Å². The maximum absolute atomic E-state index is 12.8. The number of carbonyl (C=O) groups is 1. The van der Waals surface area contributed by atoms with Crippen molar-refractivity contribution in [2.45, 2.75) is 13.0 Å². The van der Waals surface area contributed by atoms with Gasteiger partial charge in [0.15, 0.2) is 0 Å². The summed E-state index contributed by atoms with van der Waals surface area (Å²) in [6.07, 6.45) is 5.15. The second-order valence-corrected chi connectivity index (χ2v) is 5.25. The van der Waals surface area contributed by atoms with Gasteiger partial charge in [0, 0.05) is 31.0 Å². The molecule has 2 aromatic heterocycles. The first-order valence-corrected chi connectivity index (χ1v) is 7.19. The van der Waals surface area contributed by atoms with Gasteiger partial charge in [-0.2, -0.15) is 0 Å². The van der Waals surface area contributed by atoms with Gasteiger partial charge < -0.3 is 4.90 Å². The summed E-state index contributed by atoms with van der Waals surface area (Å²) in [5.74, 6) is -0.0823. The molecule has 0 aliphatic carbocycles. The quantitative estimate of drug-likeness (QED) is 0.742. The van der Waals surface area contributed by atoms with Crippen molar-refractivity contribution < 1.29 is 4.79 Å². The van der Waals surface area contributed by atoms with Gasteiger partial charge in [0.1, 0.15) is 5.69 Å². The fraction of sp³-hybridized carbons (Fsp3) is 0.167. The van der Waals surface area contributed by atoms with Crippen molar-refractivity contribution in [1.29, 1.82) is 0 Å². The van der Waals surface area contributed by atoms with Gasteiger partial charge in [0.2, 0.25) is 0 Å². The molecule has 2 heterocycles. The first-order valence-electron chi connectivity index (χ1n) is 7.19. The number of fused-ring (bicyclic) bond motifs is 1. The number of nitrogens with zero attached hydrogens (tertiary/aromatic N) is 3. The minimum Gasteiger partial charge on any atom is -0.334 e. The van der Waals surface area contributed by atoms with Crippen molar-refractivity contribution in [1.82, 2.24) is 14.9 Å².